The van der Waals surface area contributed by atoms with E-state index >= 15 is 0 Å². The highest BCUT2D eigenvalue weighted by atomic mass is 16.1. The van der Waals surface area contributed by atoms with E-state index in [1.54, 1.807) is 35.1 Å². The smallest absolute Gasteiger partial charge is 0.252 e. The Morgan fingerprint density at radius 3 is 2.86 bits per heavy atom. The Labute approximate surface area is 128 Å². The van der Waals surface area contributed by atoms with Crippen LogP contribution in [0.15, 0.2) is 42.9 Å². The van der Waals surface area contributed by atoms with E-state index in [1.807, 2.05) is 12.1 Å². The second-order valence-corrected chi connectivity index (χ2v) is 5.52. The predicted molar refractivity (Wildman–Crippen MR) is 83.4 cm³/mol. The minimum Gasteiger partial charge on any atom is -0.352 e. The molecule has 0 saturated heterocycles. The molecule has 3 aromatic rings. The van der Waals surface area contributed by atoms with Gasteiger partial charge in [-0.1, -0.05) is 13.8 Å². The van der Waals surface area contributed by atoms with Crippen LogP contribution in [0.5, 0.6) is 0 Å². The number of carbonyl (C=O) groups is 1. The molecule has 112 valence electrons. The van der Waals surface area contributed by atoms with Crippen LogP contribution in [0.1, 0.15) is 24.2 Å². The summed E-state index contributed by atoms with van der Waals surface area (Å²) in [5.41, 5.74) is 2.13. The molecular weight excluding hydrogens is 278 g/mol. The molecule has 1 amide bonds. The molecule has 0 radical (unpaired) electrons. The van der Waals surface area contributed by atoms with Gasteiger partial charge in [-0.05, 0) is 30.2 Å². The van der Waals surface area contributed by atoms with E-state index in [4.69, 9.17) is 0 Å². The lowest BCUT2D eigenvalue weighted by Gasteiger charge is -2.08. The third-order valence-corrected chi connectivity index (χ3v) is 3.26. The third-order valence-electron chi connectivity index (χ3n) is 3.26. The lowest BCUT2D eigenvalue weighted by molar-refractivity contribution is 0.0948. The van der Waals surface area contributed by atoms with Crippen molar-refractivity contribution in [1.82, 2.24) is 24.9 Å². The third kappa shape index (κ3) is 2.81. The van der Waals surface area contributed by atoms with Crippen molar-refractivity contribution >= 4 is 11.6 Å². The van der Waals surface area contributed by atoms with Crippen molar-refractivity contribution < 1.29 is 4.79 Å². The Kier molecular flexibility index (Phi) is 3.82. The summed E-state index contributed by atoms with van der Waals surface area (Å²) in [6.07, 6.45) is 5.19. The second-order valence-electron chi connectivity index (χ2n) is 5.52. The summed E-state index contributed by atoms with van der Waals surface area (Å²) in [4.78, 5) is 16.3. The summed E-state index contributed by atoms with van der Waals surface area (Å²) in [5.74, 6) is 0.983. The van der Waals surface area contributed by atoms with Crippen LogP contribution in [-0.2, 0) is 0 Å². The molecule has 0 spiro atoms. The summed E-state index contributed by atoms with van der Waals surface area (Å²) >= 11 is 0. The molecule has 0 atom stereocenters. The quantitative estimate of drug-likeness (QED) is 0.800. The van der Waals surface area contributed by atoms with Gasteiger partial charge in [-0.2, -0.15) is 0 Å². The molecule has 0 bridgehead atoms. The molecule has 3 heterocycles. The molecule has 0 aliphatic rings. The minimum absolute atomic E-state index is 0.0959. The number of pyridine rings is 2. The van der Waals surface area contributed by atoms with Gasteiger partial charge >= 0.3 is 0 Å². The van der Waals surface area contributed by atoms with Crippen LogP contribution in [0, 0.1) is 5.92 Å². The molecule has 3 aromatic heterocycles. The average molecular weight is 295 g/mol. The van der Waals surface area contributed by atoms with Crippen LogP contribution in [0.25, 0.3) is 17.0 Å². The molecular formula is C16H17N5O. The number of rotatable bonds is 4. The lowest BCUT2D eigenvalue weighted by Crippen LogP contribution is -2.27. The zero-order valence-electron chi connectivity index (χ0n) is 12.5. The molecule has 6 heteroatoms. The van der Waals surface area contributed by atoms with Gasteiger partial charge in [0.2, 0.25) is 0 Å². The molecule has 22 heavy (non-hydrogen) atoms. The van der Waals surface area contributed by atoms with E-state index in [-0.39, 0.29) is 5.91 Å². The van der Waals surface area contributed by atoms with Gasteiger partial charge < -0.3 is 5.32 Å². The average Bonchev–Trinajstić information content (AvgIpc) is 2.96. The largest absolute Gasteiger partial charge is 0.352 e. The van der Waals surface area contributed by atoms with Crippen LogP contribution in [-0.4, -0.2) is 32.0 Å². The topological polar surface area (TPSA) is 72.2 Å². The first-order valence-corrected chi connectivity index (χ1v) is 7.18. The number of nitrogens with zero attached hydrogens (tertiary/aromatic N) is 4. The molecule has 6 nitrogen and oxygen atoms in total. The van der Waals surface area contributed by atoms with Crippen molar-refractivity contribution in [3.05, 3.63) is 48.4 Å². The first-order valence-electron chi connectivity index (χ1n) is 7.18. The van der Waals surface area contributed by atoms with Crippen LogP contribution < -0.4 is 5.32 Å². The molecule has 0 fully saturated rings. The van der Waals surface area contributed by atoms with Crippen molar-refractivity contribution in [1.29, 1.82) is 0 Å². The normalized spacial score (nSPS) is 11.0. The van der Waals surface area contributed by atoms with Gasteiger partial charge in [-0.3, -0.25) is 14.2 Å². The first kappa shape index (κ1) is 14.2. The second kappa shape index (κ2) is 5.93. The highest BCUT2D eigenvalue weighted by molar-refractivity contribution is 5.94. The van der Waals surface area contributed by atoms with Crippen LogP contribution in [0.3, 0.4) is 0 Å². The molecule has 0 aliphatic carbocycles. The Morgan fingerprint density at radius 2 is 2.14 bits per heavy atom. The summed E-state index contributed by atoms with van der Waals surface area (Å²) in [6, 6.07) is 7.30. The fourth-order valence-corrected chi connectivity index (χ4v) is 2.12. The van der Waals surface area contributed by atoms with E-state index < -0.39 is 0 Å². The van der Waals surface area contributed by atoms with E-state index in [0.29, 0.717) is 29.5 Å². The maximum atomic E-state index is 12.2. The van der Waals surface area contributed by atoms with Crippen molar-refractivity contribution in [3.63, 3.8) is 0 Å². The maximum Gasteiger partial charge on any atom is 0.252 e. The van der Waals surface area contributed by atoms with Crippen molar-refractivity contribution in [2.75, 3.05) is 6.54 Å². The molecule has 0 aromatic carbocycles. The Bertz CT molecular complexity index is 795. The van der Waals surface area contributed by atoms with Gasteiger partial charge in [0.25, 0.3) is 5.91 Å². The zero-order valence-corrected chi connectivity index (χ0v) is 12.5. The summed E-state index contributed by atoms with van der Waals surface area (Å²) in [7, 11) is 0. The number of fused-ring (bicyclic) bond motifs is 1. The van der Waals surface area contributed by atoms with Gasteiger partial charge in [-0.15, -0.1) is 10.2 Å². The van der Waals surface area contributed by atoms with Crippen molar-refractivity contribution in [2.24, 2.45) is 5.92 Å². The van der Waals surface area contributed by atoms with Gasteiger partial charge in [-0.25, -0.2) is 0 Å². The monoisotopic (exact) mass is 295 g/mol. The molecule has 0 unspecified atom stereocenters. The van der Waals surface area contributed by atoms with Crippen molar-refractivity contribution in [3.8, 4) is 11.4 Å². The highest BCUT2D eigenvalue weighted by Gasteiger charge is 2.12. The summed E-state index contributed by atoms with van der Waals surface area (Å²) in [6.45, 7) is 4.77. The number of nitrogens with one attached hydrogen (secondary N) is 1. The predicted octanol–water partition coefficient (Wildman–Crippen LogP) is 2.18. The van der Waals surface area contributed by atoms with Gasteiger partial charge in [0.1, 0.15) is 0 Å². The van der Waals surface area contributed by atoms with Crippen molar-refractivity contribution in [2.45, 2.75) is 13.8 Å². The minimum atomic E-state index is -0.0959. The van der Waals surface area contributed by atoms with Gasteiger partial charge in [0.15, 0.2) is 11.5 Å². The van der Waals surface area contributed by atoms with Crippen LogP contribution in [0.2, 0.25) is 0 Å². The van der Waals surface area contributed by atoms with Crippen LogP contribution in [0.4, 0.5) is 0 Å². The zero-order chi connectivity index (χ0) is 15.5. The fourth-order valence-electron chi connectivity index (χ4n) is 2.12. The molecule has 3 rings (SSSR count). The van der Waals surface area contributed by atoms with E-state index in [1.165, 1.54) is 0 Å². The number of hydrogen-bond donors (Lipinski definition) is 1. The number of carbonyl (C=O) groups excluding carboxylic acids is 1. The maximum absolute atomic E-state index is 12.2. The van der Waals surface area contributed by atoms with E-state index in [0.717, 1.165) is 5.56 Å². The molecule has 0 saturated carbocycles. The standard InChI is InChI=1S/C16H17N5O/c1-11(2)8-18-16(22)13-5-6-14-19-20-15(21(14)10-13)12-4-3-7-17-9-12/h3-7,9-11H,8H2,1-2H3,(H,18,22). The summed E-state index contributed by atoms with van der Waals surface area (Å²) < 4.78 is 1.81. The Morgan fingerprint density at radius 1 is 1.27 bits per heavy atom. The number of aromatic nitrogens is 4. The Hall–Kier alpha value is -2.76. The van der Waals surface area contributed by atoms with E-state index in [2.05, 4.69) is 34.3 Å². The molecule has 1 N–H and O–H groups in total. The molecule has 0 aliphatic heterocycles. The first-order chi connectivity index (χ1) is 10.6. The van der Waals surface area contributed by atoms with Gasteiger partial charge in [0.05, 0.1) is 5.56 Å². The summed E-state index contributed by atoms with van der Waals surface area (Å²) in [5, 5.41) is 11.2. The number of amides is 1. The van der Waals surface area contributed by atoms with E-state index in [9.17, 15) is 4.79 Å². The fraction of sp³-hybridized carbons (Fsp3) is 0.250. The SMILES string of the molecule is CC(C)CNC(=O)c1ccc2nnc(-c3cccnc3)n2c1. The lowest BCUT2D eigenvalue weighted by atomic mass is 10.2. The highest BCUT2D eigenvalue weighted by Crippen LogP contribution is 2.17. The number of hydrogen-bond acceptors (Lipinski definition) is 4. The van der Waals surface area contributed by atoms with Crippen LogP contribution >= 0.6 is 0 Å². The van der Waals surface area contributed by atoms with Gasteiger partial charge in [0, 0.05) is 30.7 Å². The Balaban J connectivity index is 1.97.